The van der Waals surface area contributed by atoms with Crippen LogP contribution >= 0.6 is 11.6 Å². The lowest BCUT2D eigenvalue weighted by Gasteiger charge is -2.43. The Morgan fingerprint density at radius 2 is 1.84 bits per heavy atom. The van der Waals surface area contributed by atoms with Crippen molar-refractivity contribution in [3.63, 3.8) is 0 Å². The summed E-state index contributed by atoms with van der Waals surface area (Å²) in [6.07, 6.45) is 0.975. The second kappa shape index (κ2) is 7.61. The Kier molecular flexibility index (Phi) is 5.21. The number of carbonyl (C=O) groups excluding carboxylic acids is 2. The number of non-ortho nitro benzene ring substituents is 1. The zero-order valence-electron chi connectivity index (χ0n) is 17.6. The van der Waals surface area contributed by atoms with Crippen LogP contribution < -0.4 is 4.90 Å². The third kappa shape index (κ3) is 3.76. The van der Waals surface area contributed by atoms with Gasteiger partial charge in [-0.25, -0.2) is 0 Å². The lowest BCUT2D eigenvalue weighted by molar-refractivity contribution is -0.384. The second-order valence-electron chi connectivity index (χ2n) is 9.04. The van der Waals surface area contributed by atoms with Crippen molar-refractivity contribution in [1.29, 1.82) is 0 Å². The zero-order valence-corrected chi connectivity index (χ0v) is 18.4. The number of rotatable bonds is 3. The maximum absolute atomic E-state index is 13.5. The van der Waals surface area contributed by atoms with Crippen molar-refractivity contribution in [2.24, 2.45) is 5.41 Å². The molecule has 0 aromatic heterocycles. The van der Waals surface area contributed by atoms with Crippen molar-refractivity contribution in [3.8, 4) is 0 Å². The molecule has 31 heavy (non-hydrogen) atoms. The fraction of sp³-hybridized carbons (Fsp3) is 0.333. The normalized spacial score (nSPS) is 20.6. The van der Waals surface area contributed by atoms with E-state index in [2.05, 4.69) is 0 Å². The molecule has 0 N–H and O–H groups in total. The highest BCUT2D eigenvalue weighted by atomic mass is 35.5. The molecule has 2 aromatic rings. The molecular weight excluding hydrogens is 416 g/mol. The van der Waals surface area contributed by atoms with E-state index >= 15 is 0 Å². The molecule has 0 bridgehead atoms. The number of aryl methyl sites for hydroxylation is 1. The van der Waals surface area contributed by atoms with E-state index in [1.165, 1.54) is 17.0 Å². The first kappa shape index (κ1) is 21.2. The Morgan fingerprint density at radius 3 is 2.52 bits per heavy atom. The van der Waals surface area contributed by atoms with Crippen LogP contribution in [0.5, 0.6) is 0 Å². The fourth-order valence-corrected chi connectivity index (χ4v) is 4.94. The molecule has 0 saturated heterocycles. The number of nitrogens with zero attached hydrogens (tertiary/aromatic N) is 2. The second-order valence-corrected chi connectivity index (χ2v) is 9.44. The lowest BCUT2D eigenvalue weighted by Crippen LogP contribution is -2.44. The molecule has 0 fully saturated rings. The topological polar surface area (TPSA) is 80.5 Å². The zero-order chi connectivity index (χ0) is 22.5. The van der Waals surface area contributed by atoms with E-state index in [-0.39, 0.29) is 29.2 Å². The van der Waals surface area contributed by atoms with Gasteiger partial charge in [0.05, 0.1) is 10.6 Å². The molecular formula is C24H23ClN2O4. The summed E-state index contributed by atoms with van der Waals surface area (Å²) in [5.41, 5.74) is 2.75. The molecule has 0 saturated carbocycles. The van der Waals surface area contributed by atoms with Gasteiger partial charge in [0.15, 0.2) is 5.78 Å². The van der Waals surface area contributed by atoms with E-state index < -0.39 is 10.8 Å². The van der Waals surface area contributed by atoms with Gasteiger partial charge in [-0.05, 0) is 36.0 Å². The molecule has 1 atom stereocenters. The number of Topliss-reactive ketones (excluding diaryl/α,β-unsaturated/α-hetero) is 1. The van der Waals surface area contributed by atoms with Crippen LogP contribution in [0.4, 0.5) is 11.4 Å². The monoisotopic (exact) mass is 438 g/mol. The highest BCUT2D eigenvalue weighted by molar-refractivity contribution is 6.31. The van der Waals surface area contributed by atoms with Crippen molar-refractivity contribution < 1.29 is 14.5 Å². The van der Waals surface area contributed by atoms with Gasteiger partial charge in [-0.3, -0.25) is 24.6 Å². The van der Waals surface area contributed by atoms with Crippen LogP contribution in [-0.4, -0.2) is 16.6 Å². The lowest BCUT2D eigenvalue weighted by atomic mass is 9.69. The van der Waals surface area contributed by atoms with Crippen molar-refractivity contribution in [1.82, 2.24) is 0 Å². The SMILES string of the molecule is Cc1ccc([N+](=O)[O-])cc1N1C(=O)CC(c2ccccc2Cl)C2=C1CC(C)(C)CC2=O. The van der Waals surface area contributed by atoms with Gasteiger partial charge in [0.1, 0.15) is 0 Å². The van der Waals surface area contributed by atoms with Crippen LogP contribution in [0.3, 0.4) is 0 Å². The third-order valence-electron chi connectivity index (χ3n) is 6.07. The molecule has 2 aromatic carbocycles. The number of hydrogen-bond acceptors (Lipinski definition) is 4. The Hall–Kier alpha value is -2.99. The van der Waals surface area contributed by atoms with Crippen LogP contribution in [0, 0.1) is 22.5 Å². The summed E-state index contributed by atoms with van der Waals surface area (Å²) in [5, 5.41) is 11.9. The van der Waals surface area contributed by atoms with Gasteiger partial charge in [-0.2, -0.15) is 0 Å². The molecule has 2 aliphatic rings. The first-order valence-corrected chi connectivity index (χ1v) is 10.6. The number of nitro groups is 1. The largest absolute Gasteiger partial charge is 0.294 e. The van der Waals surface area contributed by atoms with Crippen molar-refractivity contribution >= 4 is 34.7 Å². The first-order valence-electron chi connectivity index (χ1n) is 10.2. The maximum Gasteiger partial charge on any atom is 0.271 e. The highest BCUT2D eigenvalue weighted by Crippen LogP contribution is 2.49. The molecule has 1 heterocycles. The maximum atomic E-state index is 13.5. The van der Waals surface area contributed by atoms with E-state index in [4.69, 9.17) is 11.6 Å². The Balaban J connectivity index is 1.95. The number of nitro benzene ring substituents is 1. The fourth-order valence-electron chi connectivity index (χ4n) is 4.67. The Bertz CT molecular complexity index is 1150. The quantitative estimate of drug-likeness (QED) is 0.453. The minimum atomic E-state index is -0.477. The van der Waals surface area contributed by atoms with Crippen molar-refractivity contribution in [2.45, 2.75) is 46.0 Å². The molecule has 1 unspecified atom stereocenters. The molecule has 0 spiro atoms. The molecule has 4 rings (SSSR count). The number of amides is 1. The van der Waals surface area contributed by atoms with Crippen molar-refractivity contribution in [3.05, 3.63) is 80.0 Å². The number of anilines is 1. The van der Waals surface area contributed by atoms with Crippen LogP contribution in [-0.2, 0) is 9.59 Å². The average Bonchev–Trinajstić information content (AvgIpc) is 2.67. The van der Waals surface area contributed by atoms with E-state index in [9.17, 15) is 19.7 Å². The Morgan fingerprint density at radius 1 is 1.13 bits per heavy atom. The van der Waals surface area contributed by atoms with Gasteiger partial charge in [0, 0.05) is 47.2 Å². The van der Waals surface area contributed by atoms with Gasteiger partial charge >= 0.3 is 0 Å². The third-order valence-corrected chi connectivity index (χ3v) is 6.41. The van der Waals surface area contributed by atoms with Crippen LogP contribution in [0.1, 0.15) is 50.2 Å². The Labute approximate surface area is 185 Å². The van der Waals surface area contributed by atoms with Crippen LogP contribution in [0.15, 0.2) is 53.7 Å². The standard InChI is InChI=1S/C24H23ClN2O4/c1-14-8-9-15(27(30)31)10-19(14)26-20-12-24(2,3)13-21(28)23(20)17(11-22(26)29)16-6-4-5-7-18(16)25/h4-10,17H,11-13H2,1-3H3. The minimum absolute atomic E-state index is 0.00301. The molecule has 6 nitrogen and oxygen atoms in total. The van der Waals surface area contributed by atoms with E-state index in [0.717, 1.165) is 11.1 Å². The van der Waals surface area contributed by atoms with Gasteiger partial charge in [-0.1, -0.05) is 49.7 Å². The van der Waals surface area contributed by atoms with E-state index in [1.54, 1.807) is 12.1 Å². The molecule has 1 aliphatic carbocycles. The summed E-state index contributed by atoms with van der Waals surface area (Å²) in [5.74, 6) is -0.621. The van der Waals surface area contributed by atoms with Crippen molar-refractivity contribution in [2.75, 3.05) is 4.90 Å². The summed E-state index contributed by atoms with van der Waals surface area (Å²) in [4.78, 5) is 39.2. The van der Waals surface area contributed by atoms with Crippen LogP contribution in [0.25, 0.3) is 0 Å². The van der Waals surface area contributed by atoms with Gasteiger partial charge in [0.2, 0.25) is 5.91 Å². The van der Waals surface area contributed by atoms with Gasteiger partial charge in [0.25, 0.3) is 5.69 Å². The predicted octanol–water partition coefficient (Wildman–Crippen LogP) is 5.72. The summed E-state index contributed by atoms with van der Waals surface area (Å²) in [6, 6.07) is 11.8. The molecule has 1 amide bonds. The number of hydrogen-bond donors (Lipinski definition) is 0. The molecule has 1 aliphatic heterocycles. The predicted molar refractivity (Wildman–Crippen MR) is 119 cm³/mol. The number of allylic oxidation sites excluding steroid dienone is 2. The summed E-state index contributed by atoms with van der Waals surface area (Å²) < 4.78 is 0. The minimum Gasteiger partial charge on any atom is -0.294 e. The summed E-state index contributed by atoms with van der Waals surface area (Å²) >= 11 is 6.44. The number of carbonyl (C=O) groups is 2. The average molecular weight is 439 g/mol. The molecule has 160 valence electrons. The van der Waals surface area contributed by atoms with Crippen LogP contribution in [0.2, 0.25) is 5.02 Å². The highest BCUT2D eigenvalue weighted by Gasteiger charge is 2.45. The van der Waals surface area contributed by atoms with Gasteiger partial charge < -0.3 is 0 Å². The van der Waals surface area contributed by atoms with Gasteiger partial charge in [-0.15, -0.1) is 0 Å². The number of ketones is 1. The number of benzene rings is 2. The molecule has 7 heteroatoms. The smallest absolute Gasteiger partial charge is 0.271 e. The summed E-state index contributed by atoms with van der Waals surface area (Å²) in [7, 11) is 0. The first-order chi connectivity index (χ1) is 14.6. The molecule has 0 radical (unpaired) electrons. The summed E-state index contributed by atoms with van der Waals surface area (Å²) in [6.45, 7) is 5.80. The van der Waals surface area contributed by atoms with E-state index in [1.807, 2.05) is 39.0 Å². The van der Waals surface area contributed by atoms with E-state index in [0.29, 0.717) is 34.8 Å². The number of halogens is 1.